The van der Waals surface area contributed by atoms with Gasteiger partial charge < -0.3 is 5.32 Å². The van der Waals surface area contributed by atoms with Gasteiger partial charge in [0.1, 0.15) is 0 Å². The molecule has 0 aliphatic rings. The zero-order valence-corrected chi connectivity index (χ0v) is 12.5. The van der Waals surface area contributed by atoms with Crippen LogP contribution in [0.2, 0.25) is 10.0 Å². The number of benzene rings is 1. The maximum atomic E-state index is 6.23. The first-order valence-corrected chi connectivity index (χ1v) is 6.78. The monoisotopic (exact) mass is 273 g/mol. The number of nitrogens with one attached hydrogen (secondary N) is 1. The molecule has 1 aromatic carbocycles. The second-order valence-electron chi connectivity index (χ2n) is 5.10. The van der Waals surface area contributed by atoms with E-state index in [9.17, 15) is 0 Å². The van der Waals surface area contributed by atoms with Gasteiger partial charge in [0.15, 0.2) is 0 Å². The Balaban J connectivity index is 2.92. The summed E-state index contributed by atoms with van der Waals surface area (Å²) in [6.45, 7) is 6.75. The molecule has 0 saturated heterocycles. The minimum absolute atomic E-state index is 0.237. The summed E-state index contributed by atoms with van der Waals surface area (Å²) in [7, 11) is 2.00. The summed E-state index contributed by atoms with van der Waals surface area (Å²) in [4.78, 5) is 0. The lowest BCUT2D eigenvalue weighted by molar-refractivity contribution is 0.240. The molecule has 0 radical (unpaired) electrons. The van der Waals surface area contributed by atoms with Crippen LogP contribution in [0.15, 0.2) is 18.2 Å². The van der Waals surface area contributed by atoms with Crippen LogP contribution in [0.1, 0.15) is 32.8 Å². The Labute approximate surface area is 115 Å². The fraction of sp³-hybridized carbons (Fsp3) is 0.571. The summed E-state index contributed by atoms with van der Waals surface area (Å²) < 4.78 is 0. The van der Waals surface area contributed by atoms with Gasteiger partial charge in [-0.2, -0.15) is 0 Å². The second kappa shape index (κ2) is 6.08. The van der Waals surface area contributed by atoms with Crippen molar-refractivity contribution in [2.75, 3.05) is 7.05 Å². The van der Waals surface area contributed by atoms with Crippen LogP contribution in [0.3, 0.4) is 0 Å². The third-order valence-corrected chi connectivity index (χ3v) is 4.52. The van der Waals surface area contributed by atoms with Crippen LogP contribution in [0.25, 0.3) is 0 Å². The smallest absolute Gasteiger partial charge is 0.0624 e. The van der Waals surface area contributed by atoms with Crippen molar-refractivity contribution in [3.63, 3.8) is 0 Å². The van der Waals surface area contributed by atoms with Gasteiger partial charge in [-0.3, -0.25) is 0 Å². The van der Waals surface area contributed by atoms with Crippen LogP contribution < -0.4 is 5.32 Å². The summed E-state index contributed by atoms with van der Waals surface area (Å²) in [5.74, 6) is 0. The van der Waals surface area contributed by atoms with Gasteiger partial charge in [-0.15, -0.1) is 0 Å². The molecular weight excluding hydrogens is 253 g/mol. The summed E-state index contributed by atoms with van der Waals surface area (Å²) in [5, 5.41) is 4.70. The van der Waals surface area contributed by atoms with Crippen LogP contribution in [0.5, 0.6) is 0 Å². The van der Waals surface area contributed by atoms with E-state index >= 15 is 0 Å². The third kappa shape index (κ3) is 3.61. The van der Waals surface area contributed by atoms with Crippen LogP contribution in [-0.4, -0.2) is 13.1 Å². The lowest BCUT2D eigenvalue weighted by Crippen LogP contribution is -2.41. The summed E-state index contributed by atoms with van der Waals surface area (Å²) in [6, 6.07) is 6.22. The van der Waals surface area contributed by atoms with E-state index in [2.05, 4.69) is 26.1 Å². The highest BCUT2D eigenvalue weighted by Gasteiger charge is 2.27. The molecule has 17 heavy (non-hydrogen) atoms. The first-order chi connectivity index (χ1) is 7.92. The third-order valence-electron chi connectivity index (χ3n) is 3.66. The van der Waals surface area contributed by atoms with E-state index in [1.165, 1.54) is 0 Å². The van der Waals surface area contributed by atoms with Crippen molar-refractivity contribution in [1.29, 1.82) is 0 Å². The fourth-order valence-corrected chi connectivity index (χ4v) is 2.34. The van der Waals surface area contributed by atoms with E-state index in [0.717, 1.165) is 18.4 Å². The van der Waals surface area contributed by atoms with E-state index < -0.39 is 0 Å². The Bertz CT molecular complexity index is 374. The normalized spacial score (nSPS) is 13.8. The van der Waals surface area contributed by atoms with Gasteiger partial charge in [-0.25, -0.2) is 0 Å². The first-order valence-electron chi connectivity index (χ1n) is 6.02. The average Bonchev–Trinajstić information content (AvgIpc) is 2.30. The lowest BCUT2D eigenvalue weighted by Gasteiger charge is -2.33. The van der Waals surface area contributed by atoms with Gasteiger partial charge in [-0.1, -0.05) is 56.1 Å². The number of hydrogen-bond acceptors (Lipinski definition) is 1. The highest BCUT2D eigenvalue weighted by Crippen LogP contribution is 2.31. The minimum atomic E-state index is 0.237. The van der Waals surface area contributed by atoms with E-state index in [1.807, 2.05) is 25.2 Å². The molecule has 0 fully saturated rings. The molecule has 0 aliphatic heterocycles. The highest BCUT2D eigenvalue weighted by molar-refractivity contribution is 6.42. The molecule has 96 valence electrons. The maximum absolute atomic E-state index is 6.23. The van der Waals surface area contributed by atoms with Crippen molar-refractivity contribution < 1.29 is 0 Å². The molecule has 0 aliphatic carbocycles. The highest BCUT2D eigenvalue weighted by atomic mass is 35.5. The molecule has 1 aromatic rings. The van der Waals surface area contributed by atoms with Gasteiger partial charge in [0.25, 0.3) is 0 Å². The molecular formula is C14H21Cl2N. The Morgan fingerprint density at radius 1 is 1.29 bits per heavy atom. The first kappa shape index (κ1) is 14.8. The molecule has 0 heterocycles. The predicted molar refractivity (Wildman–Crippen MR) is 77.1 cm³/mol. The largest absolute Gasteiger partial charge is 0.316 e. The van der Waals surface area contributed by atoms with Gasteiger partial charge in [0, 0.05) is 6.04 Å². The van der Waals surface area contributed by atoms with Gasteiger partial charge in [-0.05, 0) is 36.9 Å². The molecule has 1 N–H and O–H groups in total. The molecule has 1 rings (SSSR count). The maximum Gasteiger partial charge on any atom is 0.0624 e. The van der Waals surface area contributed by atoms with Crippen LogP contribution in [-0.2, 0) is 6.42 Å². The summed E-state index contributed by atoms with van der Waals surface area (Å²) >= 11 is 12.3. The molecule has 3 heteroatoms. The minimum Gasteiger partial charge on any atom is -0.316 e. The molecule has 0 bridgehead atoms. The van der Waals surface area contributed by atoms with Crippen molar-refractivity contribution in [2.24, 2.45) is 5.41 Å². The zero-order chi connectivity index (χ0) is 13.1. The zero-order valence-electron chi connectivity index (χ0n) is 11.0. The number of hydrogen-bond donors (Lipinski definition) is 1. The number of rotatable bonds is 5. The Hall–Kier alpha value is -0.240. The van der Waals surface area contributed by atoms with Crippen LogP contribution in [0.4, 0.5) is 0 Å². The topological polar surface area (TPSA) is 12.0 Å². The molecule has 1 unspecified atom stereocenters. The van der Waals surface area contributed by atoms with Gasteiger partial charge in [0.05, 0.1) is 10.0 Å². The fourth-order valence-electron chi connectivity index (χ4n) is 1.94. The van der Waals surface area contributed by atoms with Crippen molar-refractivity contribution in [3.05, 3.63) is 33.8 Å². The number of likely N-dealkylation sites (N-methyl/N-ethyl adjacent to an activating group) is 1. The van der Waals surface area contributed by atoms with Crippen molar-refractivity contribution >= 4 is 23.2 Å². The van der Waals surface area contributed by atoms with Crippen molar-refractivity contribution in [2.45, 2.75) is 39.7 Å². The summed E-state index contributed by atoms with van der Waals surface area (Å²) in [5.41, 5.74) is 1.35. The molecule has 0 saturated carbocycles. The second-order valence-corrected chi connectivity index (χ2v) is 5.89. The quantitative estimate of drug-likeness (QED) is 0.830. The Morgan fingerprint density at radius 2 is 1.94 bits per heavy atom. The van der Waals surface area contributed by atoms with Crippen LogP contribution >= 0.6 is 23.2 Å². The van der Waals surface area contributed by atoms with Gasteiger partial charge in [0.2, 0.25) is 0 Å². The van der Waals surface area contributed by atoms with Crippen molar-refractivity contribution in [1.82, 2.24) is 5.32 Å². The lowest BCUT2D eigenvalue weighted by atomic mass is 9.79. The van der Waals surface area contributed by atoms with Crippen LogP contribution in [0, 0.1) is 5.41 Å². The molecule has 0 amide bonds. The Morgan fingerprint density at radius 3 is 2.47 bits per heavy atom. The summed E-state index contributed by atoms with van der Waals surface area (Å²) in [6.07, 6.45) is 2.02. The van der Waals surface area contributed by atoms with E-state index in [0.29, 0.717) is 16.1 Å². The average molecular weight is 274 g/mol. The SMILES string of the molecule is CCC(C)(C)C(Cc1cccc(Cl)c1Cl)NC. The van der Waals surface area contributed by atoms with E-state index in [1.54, 1.807) is 0 Å². The molecule has 1 nitrogen and oxygen atoms in total. The molecule has 0 aromatic heterocycles. The molecule has 0 spiro atoms. The standard InChI is InChI=1S/C14H21Cl2N/c1-5-14(2,3)12(17-4)9-10-7-6-8-11(15)13(10)16/h6-8,12,17H,5,9H2,1-4H3. The van der Waals surface area contributed by atoms with Crippen molar-refractivity contribution in [3.8, 4) is 0 Å². The van der Waals surface area contributed by atoms with E-state index in [4.69, 9.17) is 23.2 Å². The van der Waals surface area contributed by atoms with E-state index in [-0.39, 0.29) is 5.41 Å². The predicted octanol–water partition coefficient (Wildman–Crippen LogP) is 4.56. The molecule has 1 atom stereocenters. The van der Waals surface area contributed by atoms with Gasteiger partial charge >= 0.3 is 0 Å². The number of halogens is 2. The Kier molecular flexibility index (Phi) is 5.30.